The van der Waals surface area contributed by atoms with E-state index in [4.69, 9.17) is 4.74 Å². The minimum absolute atomic E-state index is 0.0215. The Morgan fingerprint density at radius 1 is 1.27 bits per heavy atom. The number of allylic oxidation sites excluding steroid dienone is 1. The van der Waals surface area contributed by atoms with Gasteiger partial charge in [0.15, 0.2) is 11.6 Å². The molecule has 0 saturated carbocycles. The van der Waals surface area contributed by atoms with Crippen LogP contribution in [0.5, 0.6) is 5.75 Å². The van der Waals surface area contributed by atoms with E-state index < -0.39 is 29.4 Å². The molecule has 14 heteroatoms. The quantitative estimate of drug-likeness (QED) is 0.246. The largest absolute Gasteiger partial charge is 0.486 e. The number of unbranched alkanes of at least 4 members (excludes halogenated alkanes) is 1. The predicted octanol–water partition coefficient (Wildman–Crippen LogP) is 3.30. The third-order valence-corrected chi connectivity index (χ3v) is 5.32. The van der Waals surface area contributed by atoms with Crippen molar-refractivity contribution in [2.75, 3.05) is 26.5 Å². The maximum atomic E-state index is 14.3. The van der Waals surface area contributed by atoms with Crippen molar-refractivity contribution in [3.8, 4) is 5.75 Å². The van der Waals surface area contributed by atoms with Gasteiger partial charge in [-0.05, 0) is 44.9 Å². The van der Waals surface area contributed by atoms with Gasteiger partial charge in [0.05, 0.1) is 25.3 Å². The molecule has 0 fully saturated rings. The monoisotopic (exact) mass is 576 g/mol. The first-order chi connectivity index (χ1) is 19.3. The number of carbonyl (C=O) groups excluding carboxylic acids is 3. The summed E-state index contributed by atoms with van der Waals surface area (Å²) < 4.78 is 38.9. The van der Waals surface area contributed by atoms with E-state index in [-0.39, 0.29) is 53.1 Å². The van der Waals surface area contributed by atoms with Gasteiger partial charge in [0.2, 0.25) is 17.6 Å². The summed E-state index contributed by atoms with van der Waals surface area (Å²) in [5.74, 6) is -2.68. The number of H-pyrrole nitrogens is 1. The Balaban J connectivity index is 0.00000108. The topological polar surface area (TPSA) is 162 Å². The number of nitrogens with two attached hydrogens (primary N) is 1. The average molecular weight is 577 g/mol. The maximum Gasteiger partial charge on any atom is 0.404 e. The maximum absolute atomic E-state index is 14.3. The molecule has 3 aromatic rings. The Morgan fingerprint density at radius 2 is 1.95 bits per heavy atom. The minimum Gasteiger partial charge on any atom is -0.486 e. The predicted molar refractivity (Wildman–Crippen MR) is 148 cm³/mol. The van der Waals surface area contributed by atoms with Gasteiger partial charge in [0.1, 0.15) is 17.0 Å². The number of pyridine rings is 1. The molecule has 12 nitrogen and oxygen atoms in total. The van der Waals surface area contributed by atoms with E-state index in [0.29, 0.717) is 12.8 Å². The number of imidazole rings is 1. The highest BCUT2D eigenvalue weighted by Gasteiger charge is 2.20. The lowest BCUT2D eigenvalue weighted by atomic mass is 10.2. The third kappa shape index (κ3) is 9.74. The van der Waals surface area contributed by atoms with Crippen molar-refractivity contribution in [3.63, 3.8) is 0 Å². The molecule has 1 aromatic carbocycles. The second kappa shape index (κ2) is 15.1. The number of amides is 3. The number of likely N-dealkylation sites (N-methyl/N-ethyl adjacent to an activating group) is 1. The SMILES string of the molecule is CC(C)Oc1c(F)c(F)cc2[nH]c(Cn3cccc(NC(=O)CCC/C=C/C(=O)N(C)C)c3=O)nc12.COC(N)=O. The molecule has 2 heterocycles. The summed E-state index contributed by atoms with van der Waals surface area (Å²) in [6, 6.07) is 4.08. The summed E-state index contributed by atoms with van der Waals surface area (Å²) in [6.07, 6.45) is 4.76. The fourth-order valence-corrected chi connectivity index (χ4v) is 3.38. The van der Waals surface area contributed by atoms with Crippen molar-refractivity contribution in [1.29, 1.82) is 0 Å². The molecule has 0 aliphatic rings. The van der Waals surface area contributed by atoms with E-state index in [9.17, 15) is 28.0 Å². The molecule has 0 bridgehead atoms. The van der Waals surface area contributed by atoms with Gasteiger partial charge >= 0.3 is 6.09 Å². The molecule has 0 unspecified atom stereocenters. The van der Waals surface area contributed by atoms with Gasteiger partial charge in [0.25, 0.3) is 5.56 Å². The van der Waals surface area contributed by atoms with Crippen LogP contribution in [0.25, 0.3) is 11.0 Å². The van der Waals surface area contributed by atoms with Crippen LogP contribution in [-0.4, -0.2) is 64.7 Å². The Kier molecular flexibility index (Phi) is 12.0. The lowest BCUT2D eigenvalue weighted by Crippen LogP contribution is -2.26. The number of aromatic amines is 1. The van der Waals surface area contributed by atoms with Crippen molar-refractivity contribution in [1.82, 2.24) is 19.4 Å². The zero-order chi connectivity index (χ0) is 30.7. The van der Waals surface area contributed by atoms with E-state index in [1.54, 1.807) is 40.1 Å². The second-order valence-corrected chi connectivity index (χ2v) is 9.20. The smallest absolute Gasteiger partial charge is 0.404 e. The second-order valence-electron chi connectivity index (χ2n) is 9.20. The number of benzene rings is 1. The number of carbonyl (C=O) groups is 3. The van der Waals surface area contributed by atoms with Crippen molar-refractivity contribution >= 4 is 34.6 Å². The van der Waals surface area contributed by atoms with Crippen molar-refractivity contribution in [3.05, 3.63) is 64.4 Å². The Morgan fingerprint density at radius 3 is 2.56 bits per heavy atom. The number of halogens is 2. The lowest BCUT2D eigenvalue weighted by Gasteiger charge is -2.11. The molecule has 0 radical (unpaired) electrons. The molecule has 2 aromatic heterocycles. The fraction of sp³-hybridized carbons (Fsp3) is 0.370. The van der Waals surface area contributed by atoms with Gasteiger partial charge in [-0.15, -0.1) is 0 Å². The first kappa shape index (κ1) is 32.5. The Bertz CT molecular complexity index is 1460. The van der Waals surface area contributed by atoms with Gasteiger partial charge < -0.3 is 35.0 Å². The van der Waals surface area contributed by atoms with Crippen LogP contribution in [0.1, 0.15) is 38.9 Å². The van der Waals surface area contributed by atoms with Crippen molar-refractivity contribution in [2.45, 2.75) is 45.8 Å². The summed E-state index contributed by atoms with van der Waals surface area (Å²) >= 11 is 0. The number of nitrogens with zero attached hydrogens (tertiary/aromatic N) is 3. The fourth-order valence-electron chi connectivity index (χ4n) is 3.38. The summed E-state index contributed by atoms with van der Waals surface area (Å²) in [5.41, 5.74) is 4.42. The number of hydrogen-bond acceptors (Lipinski definition) is 7. The molecule has 41 heavy (non-hydrogen) atoms. The molecule has 222 valence electrons. The third-order valence-electron chi connectivity index (χ3n) is 5.32. The van der Waals surface area contributed by atoms with E-state index in [0.717, 1.165) is 6.07 Å². The summed E-state index contributed by atoms with van der Waals surface area (Å²) in [4.78, 5) is 54.7. The van der Waals surface area contributed by atoms with Gasteiger partial charge in [-0.2, -0.15) is 4.39 Å². The van der Waals surface area contributed by atoms with Crippen LogP contribution < -0.4 is 21.3 Å². The van der Waals surface area contributed by atoms with Crippen LogP contribution in [-0.2, 0) is 20.9 Å². The number of anilines is 1. The normalized spacial score (nSPS) is 10.8. The van der Waals surface area contributed by atoms with Gasteiger partial charge in [-0.3, -0.25) is 14.4 Å². The molecular weight excluding hydrogens is 542 g/mol. The highest BCUT2D eigenvalue weighted by molar-refractivity contribution is 5.90. The molecule has 4 N–H and O–H groups in total. The van der Waals surface area contributed by atoms with Crippen molar-refractivity contribution < 1.29 is 32.6 Å². The van der Waals surface area contributed by atoms with Crippen LogP contribution in [0, 0.1) is 11.6 Å². The summed E-state index contributed by atoms with van der Waals surface area (Å²) in [6.45, 7) is 3.35. The first-order valence-electron chi connectivity index (χ1n) is 12.6. The number of methoxy groups -OCH3 is 1. The standard InChI is InChI=1S/C25H29F2N5O4.C2H5NO2/c1-15(2)36-24-22(27)16(26)13-18-23(24)30-19(28-18)14-32-12-8-9-17(25(32)35)29-20(33)10-6-5-7-11-21(34)31(3)4;1-5-2(3)4/h7-9,11-13,15H,5-6,10,14H2,1-4H3,(H,28,30)(H,29,33);1H3,(H2,3,4)/b11-7+;. The van der Waals surface area contributed by atoms with E-state index in [1.807, 2.05) is 0 Å². The Labute approximate surface area is 235 Å². The zero-order valence-corrected chi connectivity index (χ0v) is 23.5. The van der Waals surface area contributed by atoms with Crippen molar-refractivity contribution in [2.24, 2.45) is 5.73 Å². The number of ether oxygens (including phenoxy) is 2. The lowest BCUT2D eigenvalue weighted by molar-refractivity contribution is -0.123. The average Bonchev–Trinajstić information content (AvgIpc) is 3.30. The molecule has 0 saturated heterocycles. The number of rotatable bonds is 10. The number of nitrogens with one attached hydrogen (secondary N) is 2. The summed E-state index contributed by atoms with van der Waals surface area (Å²) in [5, 5.41) is 2.61. The molecule has 0 aliphatic heterocycles. The number of primary amides is 1. The highest BCUT2D eigenvalue weighted by atomic mass is 19.2. The van der Waals surface area contributed by atoms with E-state index >= 15 is 0 Å². The van der Waals surface area contributed by atoms with Crippen LogP contribution in [0.3, 0.4) is 0 Å². The van der Waals surface area contributed by atoms with E-state index in [1.165, 1.54) is 34.9 Å². The molecule has 0 spiro atoms. The van der Waals surface area contributed by atoms with Crippen LogP contribution in [0.4, 0.5) is 19.3 Å². The van der Waals surface area contributed by atoms with Gasteiger partial charge in [-0.1, -0.05) is 6.08 Å². The molecule has 0 aliphatic carbocycles. The minimum atomic E-state index is -1.13. The van der Waals surface area contributed by atoms with Crippen LogP contribution in [0.15, 0.2) is 41.3 Å². The van der Waals surface area contributed by atoms with Crippen LogP contribution >= 0.6 is 0 Å². The van der Waals surface area contributed by atoms with Gasteiger partial charge in [-0.25, -0.2) is 14.2 Å². The van der Waals surface area contributed by atoms with Gasteiger partial charge in [0, 0.05) is 32.8 Å². The highest BCUT2D eigenvalue weighted by Crippen LogP contribution is 2.30. The van der Waals surface area contributed by atoms with Crippen LogP contribution in [0.2, 0.25) is 0 Å². The number of fused-ring (bicyclic) bond motifs is 1. The zero-order valence-electron chi connectivity index (χ0n) is 23.5. The summed E-state index contributed by atoms with van der Waals surface area (Å²) in [7, 11) is 4.53. The number of aromatic nitrogens is 3. The molecular formula is C27H34F2N6O6. The number of hydrogen-bond donors (Lipinski definition) is 3. The molecule has 3 rings (SSSR count). The van der Waals surface area contributed by atoms with E-state index in [2.05, 4.69) is 25.8 Å². The first-order valence-corrected chi connectivity index (χ1v) is 12.6. The Hall–Kier alpha value is -4.75. The molecule has 0 atom stereocenters. The molecule has 3 amide bonds.